The van der Waals surface area contributed by atoms with Crippen LogP contribution in [0, 0.1) is 0 Å². The molecular weight excluding hydrogens is 209 g/mol. The van der Waals surface area contributed by atoms with Crippen molar-refractivity contribution in [2.45, 2.75) is 6.18 Å². The van der Waals surface area contributed by atoms with E-state index in [0.717, 1.165) is 12.4 Å². The number of rotatable bonds is 0. The highest BCUT2D eigenvalue weighted by atomic mass is 19.4. The number of aromatic nitrogens is 3. The van der Waals surface area contributed by atoms with Crippen LogP contribution >= 0.6 is 0 Å². The normalized spacial score (nSPS) is 11.9. The number of nitrogen functional groups attached to an aromatic ring is 1. The lowest BCUT2D eigenvalue weighted by Gasteiger charge is -2.06. The van der Waals surface area contributed by atoms with Crippen LogP contribution in [-0.4, -0.2) is 15.0 Å². The fraction of sp³-hybridized carbons (Fsp3) is 0.125. The Morgan fingerprint density at radius 1 is 1.13 bits per heavy atom. The second-order valence-corrected chi connectivity index (χ2v) is 2.82. The highest BCUT2D eigenvalue weighted by Gasteiger charge is 2.32. The van der Waals surface area contributed by atoms with Gasteiger partial charge in [-0.3, -0.25) is 0 Å². The van der Waals surface area contributed by atoms with Crippen molar-refractivity contribution in [3.63, 3.8) is 0 Å². The molecule has 0 radical (unpaired) electrons. The highest BCUT2D eigenvalue weighted by molar-refractivity contribution is 5.84. The van der Waals surface area contributed by atoms with Gasteiger partial charge < -0.3 is 5.73 Å². The lowest BCUT2D eigenvalue weighted by Crippen LogP contribution is -2.08. The van der Waals surface area contributed by atoms with Gasteiger partial charge in [-0.1, -0.05) is 0 Å². The summed E-state index contributed by atoms with van der Waals surface area (Å²) in [6.45, 7) is 0. The second kappa shape index (κ2) is 3.04. The van der Waals surface area contributed by atoms with Crippen LogP contribution in [0.4, 0.5) is 19.0 Å². The van der Waals surface area contributed by atoms with Gasteiger partial charge in [0.15, 0.2) is 5.65 Å². The van der Waals surface area contributed by atoms with Crippen LogP contribution < -0.4 is 5.73 Å². The van der Waals surface area contributed by atoms with Gasteiger partial charge in [0.1, 0.15) is 17.8 Å². The Kier molecular flexibility index (Phi) is 1.95. The first-order chi connectivity index (χ1) is 6.98. The van der Waals surface area contributed by atoms with Crippen LogP contribution in [-0.2, 0) is 6.18 Å². The molecule has 0 fully saturated rings. The topological polar surface area (TPSA) is 64.7 Å². The summed E-state index contributed by atoms with van der Waals surface area (Å²) >= 11 is 0. The van der Waals surface area contributed by atoms with E-state index in [0.29, 0.717) is 5.39 Å². The lowest BCUT2D eigenvalue weighted by molar-refractivity contribution is -0.141. The number of hydrogen-bond donors (Lipinski definition) is 1. The minimum atomic E-state index is -4.48. The van der Waals surface area contributed by atoms with Crippen molar-refractivity contribution >= 4 is 16.9 Å². The third-order valence-electron chi connectivity index (χ3n) is 1.82. The number of halogens is 3. The molecule has 2 heterocycles. The summed E-state index contributed by atoms with van der Waals surface area (Å²) in [5.41, 5.74) is 4.39. The van der Waals surface area contributed by atoms with Crippen molar-refractivity contribution in [1.82, 2.24) is 15.0 Å². The summed E-state index contributed by atoms with van der Waals surface area (Å²) in [7, 11) is 0. The second-order valence-electron chi connectivity index (χ2n) is 2.82. The molecule has 4 nitrogen and oxygen atoms in total. The van der Waals surface area contributed by atoms with Crippen molar-refractivity contribution in [1.29, 1.82) is 0 Å². The third-order valence-corrected chi connectivity index (χ3v) is 1.82. The summed E-state index contributed by atoms with van der Waals surface area (Å²) < 4.78 is 36.8. The van der Waals surface area contributed by atoms with Crippen LogP contribution in [0.1, 0.15) is 5.69 Å². The first-order valence-corrected chi connectivity index (χ1v) is 3.93. The van der Waals surface area contributed by atoms with Gasteiger partial charge >= 0.3 is 6.18 Å². The SMILES string of the molecule is Nc1ncnc2nc(C(F)(F)F)ccc12. The largest absolute Gasteiger partial charge is 0.433 e. The fourth-order valence-electron chi connectivity index (χ4n) is 1.12. The van der Waals surface area contributed by atoms with E-state index in [9.17, 15) is 13.2 Å². The molecule has 0 unspecified atom stereocenters. The summed E-state index contributed by atoms with van der Waals surface area (Å²) in [6.07, 6.45) is -3.40. The number of fused-ring (bicyclic) bond motifs is 1. The average Bonchev–Trinajstić information content (AvgIpc) is 2.16. The Bertz CT molecular complexity index is 509. The van der Waals surface area contributed by atoms with E-state index in [1.165, 1.54) is 6.07 Å². The Balaban J connectivity index is 2.68. The molecule has 0 spiro atoms. The maximum absolute atomic E-state index is 12.3. The van der Waals surface area contributed by atoms with Gasteiger partial charge in [-0.25, -0.2) is 15.0 Å². The van der Waals surface area contributed by atoms with Gasteiger partial charge in [-0.15, -0.1) is 0 Å². The molecule has 2 aromatic rings. The molecule has 0 saturated carbocycles. The van der Waals surface area contributed by atoms with E-state index < -0.39 is 11.9 Å². The van der Waals surface area contributed by atoms with Crippen LogP contribution in [0.2, 0.25) is 0 Å². The van der Waals surface area contributed by atoms with E-state index in [2.05, 4.69) is 15.0 Å². The van der Waals surface area contributed by atoms with Crippen LogP contribution in [0.5, 0.6) is 0 Å². The predicted octanol–water partition coefficient (Wildman–Crippen LogP) is 1.63. The van der Waals surface area contributed by atoms with E-state index >= 15 is 0 Å². The van der Waals surface area contributed by atoms with Gasteiger partial charge in [0.25, 0.3) is 0 Å². The van der Waals surface area contributed by atoms with Gasteiger partial charge in [-0.05, 0) is 12.1 Å². The zero-order valence-electron chi connectivity index (χ0n) is 7.28. The third kappa shape index (κ3) is 1.67. The molecule has 78 valence electrons. The monoisotopic (exact) mass is 214 g/mol. The molecule has 0 aromatic carbocycles. The molecule has 0 saturated heterocycles. The predicted molar refractivity (Wildman–Crippen MR) is 46.7 cm³/mol. The molecule has 7 heteroatoms. The molecule has 2 N–H and O–H groups in total. The van der Waals surface area contributed by atoms with Crippen molar-refractivity contribution in [3.8, 4) is 0 Å². The minimum absolute atomic E-state index is 0.0580. The first-order valence-electron chi connectivity index (χ1n) is 3.93. The number of alkyl halides is 3. The number of hydrogen-bond acceptors (Lipinski definition) is 4. The quantitative estimate of drug-likeness (QED) is 0.723. The Morgan fingerprint density at radius 2 is 1.87 bits per heavy atom. The molecule has 2 aromatic heterocycles. The maximum Gasteiger partial charge on any atom is 0.433 e. The summed E-state index contributed by atoms with van der Waals surface area (Å²) in [6, 6.07) is 2.06. The van der Waals surface area contributed by atoms with Crippen molar-refractivity contribution in [2.24, 2.45) is 0 Å². The highest BCUT2D eigenvalue weighted by Crippen LogP contribution is 2.29. The van der Waals surface area contributed by atoms with E-state index in [-0.39, 0.29) is 11.5 Å². The molecule has 0 aliphatic rings. The van der Waals surface area contributed by atoms with Crippen molar-refractivity contribution in [3.05, 3.63) is 24.2 Å². The average molecular weight is 214 g/mol. The van der Waals surface area contributed by atoms with Gasteiger partial charge in [0, 0.05) is 0 Å². The zero-order valence-corrected chi connectivity index (χ0v) is 7.28. The Hall–Kier alpha value is -1.92. The zero-order chi connectivity index (χ0) is 11.1. The van der Waals surface area contributed by atoms with Crippen LogP contribution in [0.15, 0.2) is 18.5 Å². The van der Waals surface area contributed by atoms with Crippen LogP contribution in [0.25, 0.3) is 11.0 Å². The first kappa shape index (κ1) is 9.63. The molecule has 2 rings (SSSR count). The Morgan fingerprint density at radius 3 is 2.53 bits per heavy atom. The Labute approximate surface area is 82.0 Å². The summed E-state index contributed by atoms with van der Waals surface area (Å²) in [5, 5.41) is 0.311. The van der Waals surface area contributed by atoms with E-state index in [1.54, 1.807) is 0 Å². The van der Waals surface area contributed by atoms with Crippen LogP contribution in [0.3, 0.4) is 0 Å². The molecule has 0 amide bonds. The molecule has 0 aliphatic heterocycles. The smallest absolute Gasteiger partial charge is 0.383 e. The summed E-state index contributed by atoms with van der Waals surface area (Å²) in [5.74, 6) is 0.112. The van der Waals surface area contributed by atoms with Crippen molar-refractivity contribution in [2.75, 3.05) is 5.73 Å². The van der Waals surface area contributed by atoms with Gasteiger partial charge in [0.05, 0.1) is 5.39 Å². The molecule has 0 atom stereocenters. The molecule has 0 bridgehead atoms. The maximum atomic E-state index is 12.3. The number of nitrogens with zero attached hydrogens (tertiary/aromatic N) is 3. The van der Waals surface area contributed by atoms with Gasteiger partial charge in [-0.2, -0.15) is 13.2 Å². The number of anilines is 1. The molecular formula is C8H5F3N4. The standard InChI is InChI=1S/C8H5F3N4/c9-8(10,11)5-2-1-4-6(12)13-3-14-7(4)15-5/h1-3H,(H2,12,13,14,15). The fourth-order valence-corrected chi connectivity index (χ4v) is 1.12. The number of nitrogens with two attached hydrogens (primary N) is 1. The van der Waals surface area contributed by atoms with E-state index in [4.69, 9.17) is 5.73 Å². The van der Waals surface area contributed by atoms with Gasteiger partial charge in [0.2, 0.25) is 0 Å². The number of pyridine rings is 1. The van der Waals surface area contributed by atoms with E-state index in [1.807, 2.05) is 0 Å². The molecule has 15 heavy (non-hydrogen) atoms. The molecule has 0 aliphatic carbocycles. The lowest BCUT2D eigenvalue weighted by atomic mass is 10.2. The summed E-state index contributed by atoms with van der Waals surface area (Å²) in [4.78, 5) is 10.6. The van der Waals surface area contributed by atoms with Crippen molar-refractivity contribution < 1.29 is 13.2 Å². The minimum Gasteiger partial charge on any atom is -0.383 e.